The first-order chi connectivity index (χ1) is 10.2. The van der Waals surface area contributed by atoms with Crippen molar-refractivity contribution < 1.29 is 9.53 Å². The number of amides is 1. The zero-order valence-electron chi connectivity index (χ0n) is 13.1. The van der Waals surface area contributed by atoms with Crippen LogP contribution in [0.2, 0.25) is 5.02 Å². The fraction of sp³-hybridized carbons (Fsp3) is 0.533. The van der Waals surface area contributed by atoms with E-state index in [-0.39, 0.29) is 36.8 Å². The monoisotopic (exact) mass is 383 g/mol. The average Bonchev–Trinajstić information content (AvgIpc) is 2.96. The van der Waals surface area contributed by atoms with Crippen LogP contribution in [0, 0.1) is 0 Å². The molecule has 1 aliphatic rings. The second kappa shape index (κ2) is 10.8. The number of ether oxygens (including phenoxy) is 1. The highest BCUT2D eigenvalue weighted by Gasteiger charge is 2.26. The van der Waals surface area contributed by atoms with Crippen LogP contribution in [0.3, 0.4) is 0 Å². The number of anilines is 1. The van der Waals surface area contributed by atoms with E-state index in [0.717, 1.165) is 25.1 Å². The SMILES string of the molecule is COc1ccc(Cl)cc1NCCC(=O)N1CCCC1CN.Cl.Cl. The molecule has 1 aliphatic heterocycles. The van der Waals surface area contributed by atoms with Crippen LogP contribution in [0.5, 0.6) is 5.75 Å². The van der Waals surface area contributed by atoms with Crippen LogP contribution in [0.4, 0.5) is 5.69 Å². The summed E-state index contributed by atoms with van der Waals surface area (Å²) in [6, 6.07) is 5.58. The topological polar surface area (TPSA) is 67.6 Å². The van der Waals surface area contributed by atoms with Crippen LogP contribution < -0.4 is 15.8 Å². The summed E-state index contributed by atoms with van der Waals surface area (Å²) in [5.74, 6) is 0.865. The van der Waals surface area contributed by atoms with Gasteiger partial charge in [-0.1, -0.05) is 11.6 Å². The predicted molar refractivity (Wildman–Crippen MR) is 99.4 cm³/mol. The van der Waals surface area contributed by atoms with Crippen molar-refractivity contribution in [2.45, 2.75) is 25.3 Å². The Morgan fingerprint density at radius 2 is 2.22 bits per heavy atom. The van der Waals surface area contributed by atoms with Gasteiger partial charge in [-0.2, -0.15) is 0 Å². The van der Waals surface area contributed by atoms with Gasteiger partial charge in [-0.15, -0.1) is 24.8 Å². The third-order valence-corrected chi connectivity index (χ3v) is 4.02. The highest BCUT2D eigenvalue weighted by atomic mass is 35.5. The number of nitrogens with two attached hydrogens (primary N) is 1. The number of rotatable bonds is 6. The van der Waals surface area contributed by atoms with Crippen molar-refractivity contribution >= 4 is 48.0 Å². The quantitative estimate of drug-likeness (QED) is 0.791. The van der Waals surface area contributed by atoms with Crippen molar-refractivity contribution in [3.05, 3.63) is 23.2 Å². The Bertz CT molecular complexity index is 503. The van der Waals surface area contributed by atoms with E-state index < -0.39 is 0 Å². The van der Waals surface area contributed by atoms with Crippen LogP contribution in [0.1, 0.15) is 19.3 Å². The van der Waals surface area contributed by atoms with E-state index in [4.69, 9.17) is 22.1 Å². The summed E-state index contributed by atoms with van der Waals surface area (Å²) in [5.41, 5.74) is 6.50. The molecule has 8 heteroatoms. The lowest BCUT2D eigenvalue weighted by Crippen LogP contribution is -2.40. The lowest BCUT2D eigenvalue weighted by Gasteiger charge is -2.23. The molecule has 1 aromatic rings. The maximum absolute atomic E-state index is 12.2. The van der Waals surface area contributed by atoms with E-state index in [1.807, 2.05) is 4.90 Å². The van der Waals surface area contributed by atoms with Crippen molar-refractivity contribution in [3.8, 4) is 5.75 Å². The molecule has 132 valence electrons. The van der Waals surface area contributed by atoms with Crippen LogP contribution in [0.25, 0.3) is 0 Å². The Kier molecular flexibility index (Phi) is 10.4. The van der Waals surface area contributed by atoms with Crippen molar-refractivity contribution in [1.82, 2.24) is 4.90 Å². The summed E-state index contributed by atoms with van der Waals surface area (Å²) in [5, 5.41) is 3.84. The summed E-state index contributed by atoms with van der Waals surface area (Å²) in [4.78, 5) is 14.1. The molecule has 3 N–H and O–H groups in total. The molecule has 1 atom stereocenters. The van der Waals surface area contributed by atoms with E-state index in [9.17, 15) is 4.79 Å². The Balaban J connectivity index is 0.00000242. The standard InChI is InChI=1S/C15H22ClN3O2.2ClH/c1-21-14-5-4-11(16)9-13(14)18-7-6-15(20)19-8-2-3-12(19)10-17;;/h4-5,9,12,18H,2-3,6-8,10,17H2,1H3;2*1H. The molecule has 0 radical (unpaired) electrons. The van der Waals surface area contributed by atoms with Gasteiger partial charge in [0.2, 0.25) is 5.91 Å². The van der Waals surface area contributed by atoms with Gasteiger partial charge in [0.05, 0.1) is 12.8 Å². The minimum Gasteiger partial charge on any atom is -0.495 e. The molecule has 2 rings (SSSR count). The van der Waals surface area contributed by atoms with Gasteiger partial charge in [0.15, 0.2) is 0 Å². The number of hydrogen-bond donors (Lipinski definition) is 2. The Morgan fingerprint density at radius 1 is 1.48 bits per heavy atom. The Morgan fingerprint density at radius 3 is 2.87 bits per heavy atom. The number of halogens is 3. The molecule has 1 amide bonds. The van der Waals surface area contributed by atoms with E-state index in [2.05, 4.69) is 5.32 Å². The normalized spacial score (nSPS) is 16.3. The van der Waals surface area contributed by atoms with Gasteiger partial charge < -0.3 is 20.7 Å². The number of carbonyl (C=O) groups is 1. The van der Waals surface area contributed by atoms with Gasteiger partial charge in [-0.05, 0) is 31.0 Å². The van der Waals surface area contributed by atoms with Crippen LogP contribution in [-0.4, -0.2) is 43.6 Å². The van der Waals surface area contributed by atoms with Gasteiger partial charge in [0.25, 0.3) is 0 Å². The van der Waals surface area contributed by atoms with Gasteiger partial charge in [-0.3, -0.25) is 4.79 Å². The van der Waals surface area contributed by atoms with Crippen LogP contribution in [-0.2, 0) is 4.79 Å². The molecular weight excluding hydrogens is 361 g/mol. The Hall–Kier alpha value is -0.880. The summed E-state index contributed by atoms with van der Waals surface area (Å²) in [7, 11) is 1.61. The van der Waals surface area contributed by atoms with E-state index in [1.165, 1.54) is 0 Å². The average molecular weight is 385 g/mol. The first-order valence-corrected chi connectivity index (χ1v) is 7.60. The van der Waals surface area contributed by atoms with E-state index in [1.54, 1.807) is 25.3 Å². The molecule has 1 fully saturated rings. The minimum absolute atomic E-state index is 0. The first kappa shape index (κ1) is 22.1. The van der Waals surface area contributed by atoms with Crippen LogP contribution >= 0.6 is 36.4 Å². The number of benzene rings is 1. The fourth-order valence-corrected chi connectivity index (χ4v) is 2.85. The molecule has 23 heavy (non-hydrogen) atoms. The lowest BCUT2D eigenvalue weighted by molar-refractivity contribution is -0.131. The molecule has 5 nitrogen and oxygen atoms in total. The second-order valence-corrected chi connectivity index (χ2v) is 5.58. The molecule has 1 unspecified atom stereocenters. The molecule has 1 heterocycles. The molecule has 0 spiro atoms. The first-order valence-electron chi connectivity index (χ1n) is 7.22. The van der Waals surface area contributed by atoms with Gasteiger partial charge >= 0.3 is 0 Å². The van der Waals surface area contributed by atoms with Gasteiger partial charge in [0, 0.05) is 37.1 Å². The fourth-order valence-electron chi connectivity index (χ4n) is 2.68. The largest absolute Gasteiger partial charge is 0.495 e. The molecular formula is C15H24Cl3N3O2. The van der Waals surface area contributed by atoms with Gasteiger partial charge in [-0.25, -0.2) is 0 Å². The second-order valence-electron chi connectivity index (χ2n) is 5.14. The molecule has 0 bridgehead atoms. The highest BCUT2D eigenvalue weighted by Crippen LogP contribution is 2.27. The molecule has 0 aliphatic carbocycles. The van der Waals surface area contributed by atoms with Crippen LogP contribution in [0.15, 0.2) is 18.2 Å². The highest BCUT2D eigenvalue weighted by molar-refractivity contribution is 6.30. The minimum atomic E-state index is 0. The van der Waals surface area contributed by atoms with Gasteiger partial charge in [0.1, 0.15) is 5.75 Å². The maximum atomic E-state index is 12.2. The smallest absolute Gasteiger partial charge is 0.224 e. The molecule has 1 aromatic carbocycles. The molecule has 0 saturated carbocycles. The number of likely N-dealkylation sites (tertiary alicyclic amines) is 1. The number of carbonyl (C=O) groups excluding carboxylic acids is 1. The third kappa shape index (κ3) is 5.92. The summed E-state index contributed by atoms with van der Waals surface area (Å²) >= 11 is 5.97. The summed E-state index contributed by atoms with van der Waals surface area (Å²) in [6.45, 7) is 1.91. The number of methoxy groups -OCH3 is 1. The molecule has 0 aromatic heterocycles. The summed E-state index contributed by atoms with van der Waals surface area (Å²) < 4.78 is 5.26. The number of nitrogens with zero attached hydrogens (tertiary/aromatic N) is 1. The molecule has 1 saturated heterocycles. The van der Waals surface area contributed by atoms with E-state index >= 15 is 0 Å². The zero-order chi connectivity index (χ0) is 15.2. The van der Waals surface area contributed by atoms with Crippen molar-refractivity contribution in [2.24, 2.45) is 5.73 Å². The van der Waals surface area contributed by atoms with Crippen molar-refractivity contribution in [1.29, 1.82) is 0 Å². The van der Waals surface area contributed by atoms with E-state index in [0.29, 0.717) is 30.3 Å². The van der Waals surface area contributed by atoms with Crippen molar-refractivity contribution in [2.75, 3.05) is 32.1 Å². The Labute approximate surface area is 154 Å². The summed E-state index contributed by atoms with van der Waals surface area (Å²) in [6.07, 6.45) is 2.49. The lowest BCUT2D eigenvalue weighted by atomic mass is 10.2. The number of hydrogen-bond acceptors (Lipinski definition) is 4. The zero-order valence-corrected chi connectivity index (χ0v) is 15.5. The maximum Gasteiger partial charge on any atom is 0.224 e. The number of nitrogens with one attached hydrogen (secondary N) is 1. The third-order valence-electron chi connectivity index (χ3n) is 3.79. The predicted octanol–water partition coefficient (Wildman–Crippen LogP) is 2.94. The van der Waals surface area contributed by atoms with Crippen molar-refractivity contribution in [3.63, 3.8) is 0 Å².